The van der Waals surface area contributed by atoms with Crippen LogP contribution in [0.3, 0.4) is 0 Å². The Kier molecular flexibility index (Phi) is 5.83. The molecule has 154 valence electrons. The van der Waals surface area contributed by atoms with E-state index in [0.717, 1.165) is 12.1 Å². The van der Waals surface area contributed by atoms with Crippen LogP contribution in [0.1, 0.15) is 36.8 Å². The van der Waals surface area contributed by atoms with Crippen molar-refractivity contribution >= 4 is 12.0 Å². The van der Waals surface area contributed by atoms with Gasteiger partial charge in [-0.25, -0.2) is 4.79 Å². The number of rotatable bonds is 6. The van der Waals surface area contributed by atoms with Gasteiger partial charge in [-0.05, 0) is 31.0 Å². The number of nitrogens with zero attached hydrogens (tertiary/aromatic N) is 2. The smallest absolute Gasteiger partial charge is 0.416 e. The summed E-state index contributed by atoms with van der Waals surface area (Å²) in [5, 5.41) is 11.8. The zero-order chi connectivity index (χ0) is 20.5. The van der Waals surface area contributed by atoms with E-state index >= 15 is 0 Å². The molecule has 0 spiro atoms. The average molecular weight is 399 g/mol. The predicted molar refractivity (Wildman–Crippen MR) is 96.0 cm³/mol. The zero-order valence-electron chi connectivity index (χ0n) is 15.6. The number of nitrogens with one attached hydrogen (secondary N) is 1. The molecule has 3 rings (SSSR count). The van der Waals surface area contributed by atoms with Crippen molar-refractivity contribution < 1.29 is 27.9 Å². The number of amides is 2. The third kappa shape index (κ3) is 4.57. The van der Waals surface area contributed by atoms with Crippen molar-refractivity contribution in [3.63, 3.8) is 0 Å². The highest BCUT2D eigenvalue weighted by Crippen LogP contribution is 2.34. The maximum atomic E-state index is 12.8. The van der Waals surface area contributed by atoms with Crippen molar-refractivity contribution in [3.05, 3.63) is 35.4 Å². The minimum absolute atomic E-state index is 0.00731. The highest BCUT2D eigenvalue weighted by atomic mass is 19.4. The summed E-state index contributed by atoms with van der Waals surface area (Å²) in [5.41, 5.74) is -0.0786. The monoisotopic (exact) mass is 399 g/mol. The predicted octanol–water partition coefficient (Wildman–Crippen LogP) is 2.75. The van der Waals surface area contributed by atoms with E-state index in [9.17, 15) is 22.8 Å². The number of carbonyl (C=O) groups excluding carboxylic acids is 1. The van der Waals surface area contributed by atoms with Crippen LogP contribution in [-0.2, 0) is 11.0 Å². The molecule has 0 bridgehead atoms. The number of halogens is 3. The van der Waals surface area contributed by atoms with Gasteiger partial charge in [0.1, 0.15) is 0 Å². The van der Waals surface area contributed by atoms with Gasteiger partial charge < -0.3 is 15.3 Å². The highest BCUT2D eigenvalue weighted by Gasteiger charge is 2.38. The number of carboxylic acid groups (broad SMARTS) is 1. The molecular formula is C19H24F3N3O3. The van der Waals surface area contributed by atoms with Crippen LogP contribution < -0.4 is 5.32 Å². The Bertz CT molecular complexity index is 729. The van der Waals surface area contributed by atoms with E-state index < -0.39 is 17.7 Å². The molecule has 1 aromatic carbocycles. The van der Waals surface area contributed by atoms with Crippen LogP contribution in [-0.4, -0.2) is 65.2 Å². The number of hydrogen-bond donors (Lipinski definition) is 2. The van der Waals surface area contributed by atoms with Gasteiger partial charge in [0.15, 0.2) is 0 Å². The van der Waals surface area contributed by atoms with Crippen LogP contribution in [0.25, 0.3) is 0 Å². The summed E-state index contributed by atoms with van der Waals surface area (Å²) in [6.07, 6.45) is -2.96. The van der Waals surface area contributed by atoms with Crippen molar-refractivity contribution in [3.8, 4) is 0 Å². The summed E-state index contributed by atoms with van der Waals surface area (Å²) in [4.78, 5) is 26.6. The molecular weight excluding hydrogens is 375 g/mol. The average Bonchev–Trinajstić information content (AvgIpc) is 2.54. The lowest BCUT2D eigenvalue weighted by molar-refractivity contribution is -0.139. The fraction of sp³-hybridized carbons (Fsp3) is 0.579. The molecule has 9 heteroatoms. The van der Waals surface area contributed by atoms with Gasteiger partial charge in [-0.1, -0.05) is 25.1 Å². The number of likely N-dealkylation sites (N-methyl/N-ethyl adjacent to an activating group) is 1. The number of likely N-dealkylation sites (tertiary alicyclic amines) is 1. The molecule has 1 aliphatic heterocycles. The first-order valence-corrected chi connectivity index (χ1v) is 9.35. The summed E-state index contributed by atoms with van der Waals surface area (Å²) in [5.74, 6) is -0.955. The zero-order valence-corrected chi connectivity index (χ0v) is 15.6. The Hall–Kier alpha value is -2.29. The number of benzene rings is 1. The van der Waals surface area contributed by atoms with Gasteiger partial charge >= 0.3 is 18.2 Å². The lowest BCUT2D eigenvalue weighted by Gasteiger charge is -2.45. The lowest BCUT2D eigenvalue weighted by Crippen LogP contribution is -2.59. The molecule has 1 saturated carbocycles. The first-order valence-electron chi connectivity index (χ1n) is 9.35. The molecule has 0 aromatic heterocycles. The maximum absolute atomic E-state index is 12.8. The number of aliphatic carboxylic acids is 1. The Morgan fingerprint density at radius 1 is 1.29 bits per heavy atom. The number of hydrogen-bond acceptors (Lipinski definition) is 3. The summed E-state index contributed by atoms with van der Waals surface area (Å²) in [7, 11) is 0. The number of carboxylic acids is 1. The molecule has 28 heavy (non-hydrogen) atoms. The maximum Gasteiger partial charge on any atom is 0.416 e. The first kappa shape index (κ1) is 20.4. The number of alkyl halides is 3. The Balaban J connectivity index is 1.43. The molecule has 0 atom stereocenters. The van der Waals surface area contributed by atoms with Crippen LogP contribution in [0.5, 0.6) is 0 Å². The van der Waals surface area contributed by atoms with E-state index in [0.29, 0.717) is 38.0 Å². The van der Waals surface area contributed by atoms with Gasteiger partial charge in [-0.15, -0.1) is 0 Å². The summed E-state index contributed by atoms with van der Waals surface area (Å²) < 4.78 is 38.5. The standard InChI is InChI=1S/C19H24F3N3O3/c1-2-24(11-17(26)27)16-7-15(8-16)23-18(28)25-9-13(10-25)12-4-3-5-14(6-12)19(20,21)22/h3-6,13,15-16H,2,7-11H2,1H3,(H,23,28)(H,26,27). The molecule has 1 aliphatic carbocycles. The number of carbonyl (C=O) groups is 2. The molecule has 0 radical (unpaired) electrons. The van der Waals surface area contributed by atoms with Crippen molar-refractivity contribution in [2.24, 2.45) is 0 Å². The molecule has 1 heterocycles. The van der Waals surface area contributed by atoms with Gasteiger partial charge in [0.2, 0.25) is 0 Å². The fourth-order valence-electron chi connectivity index (χ4n) is 3.77. The van der Waals surface area contributed by atoms with E-state index in [4.69, 9.17) is 5.11 Å². The molecule has 1 aromatic rings. The molecule has 1 saturated heterocycles. The SMILES string of the molecule is CCN(CC(=O)O)C1CC(NC(=O)N2CC(c3cccc(C(F)(F)F)c3)C2)C1. The van der Waals surface area contributed by atoms with Gasteiger partial charge in [0.05, 0.1) is 12.1 Å². The molecule has 6 nitrogen and oxygen atoms in total. The van der Waals surface area contributed by atoms with Crippen LogP contribution in [0.15, 0.2) is 24.3 Å². The minimum Gasteiger partial charge on any atom is -0.480 e. The van der Waals surface area contributed by atoms with Gasteiger partial charge in [0.25, 0.3) is 0 Å². The van der Waals surface area contributed by atoms with Crippen LogP contribution >= 0.6 is 0 Å². The van der Waals surface area contributed by atoms with Crippen molar-refractivity contribution in [1.82, 2.24) is 15.1 Å². The Labute approximate surface area is 161 Å². The van der Waals surface area contributed by atoms with E-state index in [1.807, 2.05) is 11.8 Å². The first-order chi connectivity index (χ1) is 13.2. The molecule has 2 aliphatic rings. The van der Waals surface area contributed by atoms with E-state index in [1.165, 1.54) is 6.07 Å². The van der Waals surface area contributed by atoms with E-state index in [2.05, 4.69) is 5.32 Å². The van der Waals surface area contributed by atoms with Crippen LogP contribution in [0.4, 0.5) is 18.0 Å². The third-order valence-corrected chi connectivity index (χ3v) is 5.56. The molecule has 2 fully saturated rings. The van der Waals surface area contributed by atoms with E-state index in [1.54, 1.807) is 11.0 Å². The van der Waals surface area contributed by atoms with Crippen molar-refractivity contribution in [2.75, 3.05) is 26.2 Å². The van der Waals surface area contributed by atoms with Crippen LogP contribution in [0.2, 0.25) is 0 Å². The van der Waals surface area contributed by atoms with Gasteiger partial charge in [-0.2, -0.15) is 13.2 Å². The summed E-state index contributed by atoms with van der Waals surface area (Å²) in [6, 6.07) is 5.20. The van der Waals surface area contributed by atoms with Gasteiger partial charge in [0, 0.05) is 31.1 Å². The summed E-state index contributed by atoms with van der Waals surface area (Å²) in [6.45, 7) is 3.32. The second kappa shape index (κ2) is 7.98. The molecule has 2 amide bonds. The normalized spacial score (nSPS) is 22.5. The second-order valence-corrected chi connectivity index (χ2v) is 7.45. The lowest BCUT2D eigenvalue weighted by atomic mass is 9.85. The minimum atomic E-state index is -4.37. The van der Waals surface area contributed by atoms with Crippen LogP contribution in [0, 0.1) is 0 Å². The quantitative estimate of drug-likeness (QED) is 0.772. The molecule has 0 unspecified atom stereocenters. The highest BCUT2D eigenvalue weighted by molar-refractivity contribution is 5.76. The topological polar surface area (TPSA) is 72.9 Å². The largest absolute Gasteiger partial charge is 0.480 e. The van der Waals surface area contributed by atoms with Crippen molar-refractivity contribution in [1.29, 1.82) is 0 Å². The molecule has 2 N–H and O–H groups in total. The fourth-order valence-corrected chi connectivity index (χ4v) is 3.77. The third-order valence-electron chi connectivity index (χ3n) is 5.56. The summed E-state index contributed by atoms with van der Waals surface area (Å²) >= 11 is 0. The number of urea groups is 1. The second-order valence-electron chi connectivity index (χ2n) is 7.45. The van der Waals surface area contributed by atoms with E-state index in [-0.39, 0.29) is 30.6 Å². The van der Waals surface area contributed by atoms with Crippen molar-refractivity contribution in [2.45, 2.75) is 43.9 Å². The Morgan fingerprint density at radius 3 is 2.54 bits per heavy atom. The Morgan fingerprint density at radius 2 is 1.96 bits per heavy atom. The van der Waals surface area contributed by atoms with Gasteiger partial charge in [-0.3, -0.25) is 9.69 Å².